The number of hydrogen-bond acceptors (Lipinski definition) is 14. The van der Waals surface area contributed by atoms with Gasteiger partial charge >= 0.3 is 35.8 Å². The first kappa shape index (κ1) is 35.4. The predicted octanol–water partition coefficient (Wildman–Crippen LogP) is 4.78. The smallest absolute Gasteiger partial charge is 0.343 e. The van der Waals surface area contributed by atoms with Crippen molar-refractivity contribution in [3.05, 3.63) is 130 Å². The quantitative estimate of drug-likeness (QED) is 0.0841. The first-order chi connectivity index (χ1) is 24.7. The van der Waals surface area contributed by atoms with E-state index in [9.17, 15) is 59.4 Å². The van der Waals surface area contributed by atoms with E-state index < -0.39 is 69.9 Å². The van der Waals surface area contributed by atoms with Crippen LogP contribution >= 0.6 is 0 Å². The maximum atomic E-state index is 13.5. The second kappa shape index (κ2) is 14.7. The minimum Gasteiger partial charge on any atom is -0.508 e. The minimum absolute atomic E-state index is 0.272. The molecule has 0 aliphatic rings. The molecule has 0 aliphatic carbocycles. The van der Waals surface area contributed by atoms with Crippen LogP contribution in [0.1, 0.15) is 62.1 Å². The van der Waals surface area contributed by atoms with E-state index in [1.54, 1.807) is 0 Å². The fourth-order valence-corrected chi connectivity index (χ4v) is 4.45. The van der Waals surface area contributed by atoms with Gasteiger partial charge < -0.3 is 49.6 Å². The van der Waals surface area contributed by atoms with Crippen LogP contribution in [-0.2, 0) is 0 Å². The Morgan fingerprint density at radius 1 is 0.327 bits per heavy atom. The van der Waals surface area contributed by atoms with Crippen LogP contribution in [0.5, 0.6) is 46.0 Å². The predicted molar refractivity (Wildman–Crippen MR) is 173 cm³/mol. The van der Waals surface area contributed by atoms with E-state index in [0.717, 1.165) is 97.1 Å². The van der Waals surface area contributed by atoms with Crippen LogP contribution in [0.25, 0.3) is 0 Å². The number of phenols is 4. The second-order valence-corrected chi connectivity index (χ2v) is 10.4. The highest BCUT2D eigenvalue weighted by atomic mass is 16.6. The Morgan fingerprint density at radius 2 is 0.519 bits per heavy atom. The zero-order chi connectivity index (χ0) is 37.7. The SMILES string of the molecule is O=C(Oc1c(OC(=O)c2ccc(O)cc2)c(OC(=O)c2ccc(O)cc2)c(C(=O)O)c(C(=O)O)c1OC(=O)c1ccc(O)cc1)c1ccc(O)cc1. The van der Waals surface area contributed by atoms with Gasteiger partial charge in [0.15, 0.2) is 11.5 Å². The number of phenolic OH excluding ortho intramolecular Hbond substituents is 4. The Bertz CT molecular complexity index is 2060. The van der Waals surface area contributed by atoms with Gasteiger partial charge in [-0.1, -0.05) is 0 Å². The number of carbonyl (C=O) groups is 6. The molecule has 0 radical (unpaired) electrons. The third kappa shape index (κ3) is 7.71. The Hall–Kier alpha value is -7.88. The average Bonchev–Trinajstić information content (AvgIpc) is 3.10. The lowest BCUT2D eigenvalue weighted by Crippen LogP contribution is -2.22. The fourth-order valence-electron chi connectivity index (χ4n) is 4.45. The van der Waals surface area contributed by atoms with E-state index in [4.69, 9.17) is 18.9 Å². The number of carboxylic acids is 2. The van der Waals surface area contributed by atoms with Crippen molar-refractivity contribution in [3.63, 3.8) is 0 Å². The van der Waals surface area contributed by atoms with Gasteiger partial charge in [-0.3, -0.25) is 0 Å². The maximum Gasteiger partial charge on any atom is 0.343 e. The minimum atomic E-state index is -2.12. The van der Waals surface area contributed by atoms with Crippen molar-refractivity contribution in [2.24, 2.45) is 0 Å². The van der Waals surface area contributed by atoms with Crippen LogP contribution in [0.15, 0.2) is 97.1 Å². The van der Waals surface area contributed by atoms with Crippen LogP contribution in [0.2, 0.25) is 0 Å². The van der Waals surface area contributed by atoms with Crippen molar-refractivity contribution >= 4 is 35.8 Å². The lowest BCUT2D eigenvalue weighted by atomic mass is 10.0. The van der Waals surface area contributed by atoms with Gasteiger partial charge in [0.1, 0.15) is 34.1 Å². The van der Waals surface area contributed by atoms with E-state index in [2.05, 4.69) is 0 Å². The zero-order valence-electron chi connectivity index (χ0n) is 26.0. The van der Waals surface area contributed by atoms with Crippen LogP contribution in [0, 0.1) is 0 Å². The molecule has 16 nitrogen and oxygen atoms in total. The van der Waals surface area contributed by atoms with Crippen LogP contribution < -0.4 is 18.9 Å². The number of hydrogen-bond donors (Lipinski definition) is 6. The Balaban J connectivity index is 1.82. The van der Waals surface area contributed by atoms with Gasteiger partial charge in [0, 0.05) is 0 Å². The normalized spacial score (nSPS) is 10.5. The van der Waals surface area contributed by atoms with Gasteiger partial charge in [0.2, 0.25) is 11.5 Å². The largest absolute Gasteiger partial charge is 0.508 e. The van der Waals surface area contributed by atoms with Crippen molar-refractivity contribution in [1.29, 1.82) is 0 Å². The number of benzene rings is 5. The molecule has 0 bridgehead atoms. The summed E-state index contributed by atoms with van der Waals surface area (Å²) in [5.74, 6) is -15.9. The van der Waals surface area contributed by atoms with Crippen LogP contribution in [-0.4, -0.2) is 66.5 Å². The molecule has 0 fully saturated rings. The number of aromatic carboxylic acids is 2. The molecule has 5 aromatic carbocycles. The molecule has 0 unspecified atom stereocenters. The topological polar surface area (TPSA) is 261 Å². The molecule has 52 heavy (non-hydrogen) atoms. The lowest BCUT2D eigenvalue weighted by Gasteiger charge is -2.21. The van der Waals surface area contributed by atoms with Gasteiger partial charge in [0.25, 0.3) is 0 Å². The molecule has 0 saturated heterocycles. The standard InChI is InChI=1S/C36H22O16/c37-21-9-1-17(2-10-21)33(45)49-27-25(31(41)42)26(32(43)44)28(50-34(46)18-3-11-22(38)12-4-18)30(52-36(48)20-7-15-24(40)16-8-20)29(27)51-35(47)19-5-13-23(39)14-6-19/h1-16,37-40H,(H,41,42)(H,43,44). The highest BCUT2D eigenvalue weighted by Crippen LogP contribution is 2.51. The molecule has 6 N–H and O–H groups in total. The van der Waals surface area contributed by atoms with Crippen molar-refractivity contribution in [3.8, 4) is 46.0 Å². The van der Waals surface area contributed by atoms with Gasteiger partial charge in [-0.25, -0.2) is 28.8 Å². The Kier molecular flexibility index (Phi) is 10.0. The molecule has 0 heterocycles. The lowest BCUT2D eigenvalue weighted by molar-refractivity contribution is 0.0595. The summed E-state index contributed by atoms with van der Waals surface area (Å²) < 4.78 is 21.6. The van der Waals surface area contributed by atoms with Gasteiger partial charge in [0.05, 0.1) is 22.3 Å². The first-order valence-corrected chi connectivity index (χ1v) is 14.5. The Labute approximate surface area is 290 Å². The van der Waals surface area contributed by atoms with Gasteiger partial charge in [-0.2, -0.15) is 0 Å². The van der Waals surface area contributed by atoms with Crippen molar-refractivity contribution in [1.82, 2.24) is 0 Å². The summed E-state index contributed by atoms with van der Waals surface area (Å²) in [5.41, 5.74) is -4.10. The maximum absolute atomic E-state index is 13.5. The molecule has 262 valence electrons. The number of aromatic hydroxyl groups is 4. The van der Waals surface area contributed by atoms with Crippen molar-refractivity contribution < 1.29 is 78.4 Å². The Morgan fingerprint density at radius 3 is 0.712 bits per heavy atom. The highest BCUT2D eigenvalue weighted by Gasteiger charge is 2.39. The van der Waals surface area contributed by atoms with E-state index in [1.165, 1.54) is 0 Å². The van der Waals surface area contributed by atoms with E-state index in [-0.39, 0.29) is 45.3 Å². The molecular formula is C36H22O16. The first-order valence-electron chi connectivity index (χ1n) is 14.5. The highest BCUT2D eigenvalue weighted by molar-refractivity contribution is 6.10. The zero-order valence-corrected chi connectivity index (χ0v) is 26.0. The summed E-state index contributed by atoms with van der Waals surface area (Å²) in [5, 5.41) is 59.4. The molecule has 0 spiro atoms. The molecule has 0 aliphatic heterocycles. The van der Waals surface area contributed by atoms with Crippen LogP contribution in [0.4, 0.5) is 0 Å². The number of ether oxygens (including phenoxy) is 4. The summed E-state index contributed by atoms with van der Waals surface area (Å²) >= 11 is 0. The average molecular weight is 711 g/mol. The molecule has 0 atom stereocenters. The molecule has 0 amide bonds. The number of esters is 4. The molecule has 0 saturated carbocycles. The van der Waals surface area contributed by atoms with E-state index in [1.807, 2.05) is 0 Å². The van der Waals surface area contributed by atoms with E-state index in [0.29, 0.717) is 0 Å². The van der Waals surface area contributed by atoms with Crippen molar-refractivity contribution in [2.45, 2.75) is 0 Å². The number of carboxylic acid groups (broad SMARTS) is 2. The van der Waals surface area contributed by atoms with E-state index >= 15 is 0 Å². The molecule has 5 aromatic rings. The third-order valence-electron chi connectivity index (χ3n) is 6.94. The molecule has 16 heteroatoms. The summed E-state index contributed by atoms with van der Waals surface area (Å²) in [6.07, 6.45) is 0. The number of rotatable bonds is 10. The van der Waals surface area contributed by atoms with Crippen LogP contribution in [0.3, 0.4) is 0 Å². The third-order valence-corrected chi connectivity index (χ3v) is 6.94. The summed E-state index contributed by atoms with van der Waals surface area (Å²) in [4.78, 5) is 79.3. The monoisotopic (exact) mass is 710 g/mol. The summed E-state index contributed by atoms with van der Waals surface area (Å²) in [6, 6.07) is 17.1. The second-order valence-electron chi connectivity index (χ2n) is 10.4. The summed E-state index contributed by atoms with van der Waals surface area (Å²) in [7, 11) is 0. The fraction of sp³-hybridized carbons (Fsp3) is 0. The molecule has 0 aromatic heterocycles. The van der Waals surface area contributed by atoms with Gasteiger partial charge in [-0.05, 0) is 97.1 Å². The molecular weight excluding hydrogens is 688 g/mol. The van der Waals surface area contributed by atoms with Crippen molar-refractivity contribution in [2.75, 3.05) is 0 Å². The number of carbonyl (C=O) groups excluding carboxylic acids is 4. The molecule has 5 rings (SSSR count). The van der Waals surface area contributed by atoms with Gasteiger partial charge in [-0.15, -0.1) is 0 Å². The summed E-state index contributed by atoms with van der Waals surface area (Å²) in [6.45, 7) is 0.